The molecule has 3 aromatic rings. The fourth-order valence-electron chi connectivity index (χ4n) is 4.77. The van der Waals surface area contributed by atoms with Crippen LogP contribution in [-0.4, -0.2) is 36.4 Å². The van der Waals surface area contributed by atoms with Gasteiger partial charge in [0.15, 0.2) is 0 Å². The van der Waals surface area contributed by atoms with Crippen molar-refractivity contribution < 1.29 is 4.79 Å². The molecule has 2 N–H and O–H groups in total. The van der Waals surface area contributed by atoms with E-state index in [1.807, 2.05) is 18.3 Å². The van der Waals surface area contributed by atoms with E-state index in [0.29, 0.717) is 6.54 Å². The number of carbonyl (C=O) groups excluding carboxylic acids is 1. The summed E-state index contributed by atoms with van der Waals surface area (Å²) in [4.78, 5) is 18.1. The number of fused-ring (bicyclic) bond motifs is 1. The summed E-state index contributed by atoms with van der Waals surface area (Å²) in [6, 6.07) is 19.0. The largest absolute Gasteiger partial charge is 0.361 e. The quantitative estimate of drug-likeness (QED) is 0.584. The second kappa shape index (κ2) is 8.88. The maximum atomic E-state index is 12.5. The molecule has 0 saturated heterocycles. The van der Waals surface area contributed by atoms with Gasteiger partial charge >= 0.3 is 0 Å². The topological polar surface area (TPSA) is 48.1 Å². The van der Waals surface area contributed by atoms with E-state index >= 15 is 0 Å². The van der Waals surface area contributed by atoms with Crippen LogP contribution in [0.4, 0.5) is 0 Å². The lowest BCUT2D eigenvalue weighted by atomic mass is 9.74. The van der Waals surface area contributed by atoms with Gasteiger partial charge in [0.2, 0.25) is 5.91 Å². The third kappa shape index (κ3) is 4.19. The minimum absolute atomic E-state index is 0.0295. The number of para-hydroxylation sites is 1. The Morgan fingerprint density at radius 2 is 1.77 bits per heavy atom. The van der Waals surface area contributed by atoms with Crippen LogP contribution in [0, 0.1) is 0 Å². The van der Waals surface area contributed by atoms with E-state index in [9.17, 15) is 4.79 Å². The zero-order valence-corrected chi connectivity index (χ0v) is 17.9. The van der Waals surface area contributed by atoms with Gasteiger partial charge in [-0.3, -0.25) is 9.69 Å². The van der Waals surface area contributed by atoms with Gasteiger partial charge < -0.3 is 10.3 Å². The first kappa shape index (κ1) is 20.4. The predicted molar refractivity (Wildman–Crippen MR) is 123 cm³/mol. The zero-order chi connectivity index (χ0) is 21.0. The van der Waals surface area contributed by atoms with Crippen molar-refractivity contribution in [3.8, 4) is 0 Å². The van der Waals surface area contributed by atoms with E-state index in [1.54, 1.807) is 0 Å². The van der Waals surface area contributed by atoms with Gasteiger partial charge in [-0.1, -0.05) is 54.1 Å². The van der Waals surface area contributed by atoms with Crippen LogP contribution >= 0.6 is 0 Å². The molecule has 1 aliphatic rings. The molecule has 4 heteroatoms. The molecule has 30 heavy (non-hydrogen) atoms. The van der Waals surface area contributed by atoms with Crippen molar-refractivity contribution in [2.24, 2.45) is 0 Å². The molecule has 0 radical (unpaired) electrons. The van der Waals surface area contributed by atoms with Gasteiger partial charge in [0.05, 0.1) is 0 Å². The van der Waals surface area contributed by atoms with Crippen LogP contribution < -0.4 is 5.32 Å². The fraction of sp³-hybridized carbons (Fsp3) is 0.346. The molecule has 1 amide bonds. The summed E-state index contributed by atoms with van der Waals surface area (Å²) < 4.78 is 0. The maximum Gasteiger partial charge on any atom is 0.243 e. The average Bonchev–Trinajstić information content (AvgIpc) is 3.18. The van der Waals surface area contributed by atoms with Crippen LogP contribution in [0.5, 0.6) is 0 Å². The standard InChI is InChI=1S/C26H31N3O/c1-29(2)26(22-8-4-3-5-9-22)15-12-20(13-16-26)18-25(30)27-17-14-21-19-28-24-11-7-6-10-23(21)24/h3-11,18-19,28H,12-17H2,1-2H3,(H,27,30). The molecule has 1 saturated carbocycles. The normalized spacial score (nSPS) is 19.2. The first-order chi connectivity index (χ1) is 14.6. The van der Waals surface area contributed by atoms with Crippen molar-refractivity contribution in [3.05, 3.63) is 83.6 Å². The van der Waals surface area contributed by atoms with Crippen LogP contribution in [-0.2, 0) is 16.8 Å². The summed E-state index contributed by atoms with van der Waals surface area (Å²) >= 11 is 0. The molecule has 4 nitrogen and oxygen atoms in total. The number of allylic oxidation sites excluding steroid dienone is 1. The number of hydrogen-bond acceptors (Lipinski definition) is 2. The number of H-pyrrole nitrogens is 1. The Bertz CT molecular complexity index is 1020. The number of benzene rings is 2. The molecule has 1 aliphatic carbocycles. The minimum atomic E-state index is 0.0295. The van der Waals surface area contributed by atoms with Crippen LogP contribution in [0.3, 0.4) is 0 Å². The highest BCUT2D eigenvalue weighted by Crippen LogP contribution is 2.42. The third-order valence-electron chi connectivity index (χ3n) is 6.59. The van der Waals surface area contributed by atoms with Gasteiger partial charge in [-0.05, 0) is 63.4 Å². The summed E-state index contributed by atoms with van der Waals surface area (Å²) in [7, 11) is 4.33. The van der Waals surface area contributed by atoms with Crippen molar-refractivity contribution in [2.45, 2.75) is 37.6 Å². The van der Waals surface area contributed by atoms with Crippen molar-refractivity contribution in [1.82, 2.24) is 15.2 Å². The SMILES string of the molecule is CN(C)C1(c2ccccc2)CCC(=CC(=O)NCCc2c[nH]c3ccccc23)CC1. The van der Waals surface area contributed by atoms with Crippen LogP contribution in [0.2, 0.25) is 0 Å². The Morgan fingerprint density at radius 1 is 1.07 bits per heavy atom. The highest BCUT2D eigenvalue weighted by Gasteiger charge is 2.37. The number of aromatic amines is 1. The van der Waals surface area contributed by atoms with E-state index < -0.39 is 0 Å². The van der Waals surface area contributed by atoms with Crippen LogP contribution in [0.25, 0.3) is 10.9 Å². The van der Waals surface area contributed by atoms with E-state index in [2.05, 4.69) is 77.8 Å². The second-order valence-corrected chi connectivity index (χ2v) is 8.50. The fourth-order valence-corrected chi connectivity index (χ4v) is 4.77. The van der Waals surface area contributed by atoms with Crippen molar-refractivity contribution in [2.75, 3.05) is 20.6 Å². The molecule has 1 aromatic heterocycles. The molecule has 1 fully saturated rings. The van der Waals surface area contributed by atoms with E-state index in [-0.39, 0.29) is 11.4 Å². The number of carbonyl (C=O) groups is 1. The van der Waals surface area contributed by atoms with Gasteiger partial charge in [-0.25, -0.2) is 0 Å². The lowest BCUT2D eigenvalue weighted by molar-refractivity contribution is -0.116. The zero-order valence-electron chi connectivity index (χ0n) is 17.9. The molecule has 0 atom stereocenters. The molecule has 0 bridgehead atoms. The number of nitrogens with one attached hydrogen (secondary N) is 2. The van der Waals surface area contributed by atoms with Gasteiger partial charge in [-0.15, -0.1) is 0 Å². The Morgan fingerprint density at radius 3 is 2.50 bits per heavy atom. The summed E-state index contributed by atoms with van der Waals surface area (Å²) in [6.07, 6.45) is 8.71. The molecule has 1 heterocycles. The lowest BCUT2D eigenvalue weighted by Gasteiger charge is -2.44. The Balaban J connectivity index is 1.33. The van der Waals surface area contributed by atoms with Crippen molar-refractivity contribution >= 4 is 16.8 Å². The first-order valence-corrected chi connectivity index (χ1v) is 10.8. The summed E-state index contributed by atoms with van der Waals surface area (Å²) in [5.41, 5.74) is 5.08. The average molecular weight is 402 g/mol. The summed E-state index contributed by atoms with van der Waals surface area (Å²) in [5, 5.41) is 4.30. The molecule has 0 aliphatic heterocycles. The van der Waals surface area contributed by atoms with Crippen LogP contribution in [0.15, 0.2) is 72.4 Å². The number of nitrogens with zero attached hydrogens (tertiary/aromatic N) is 1. The van der Waals surface area contributed by atoms with Gasteiger partial charge in [0.25, 0.3) is 0 Å². The summed E-state index contributed by atoms with van der Waals surface area (Å²) in [5.74, 6) is 0.0295. The third-order valence-corrected chi connectivity index (χ3v) is 6.59. The Hall–Kier alpha value is -2.85. The van der Waals surface area contributed by atoms with Crippen molar-refractivity contribution in [1.29, 1.82) is 0 Å². The van der Waals surface area contributed by atoms with Gasteiger partial charge in [-0.2, -0.15) is 0 Å². The summed E-state index contributed by atoms with van der Waals surface area (Å²) in [6.45, 7) is 0.649. The number of hydrogen-bond donors (Lipinski definition) is 2. The van der Waals surface area contributed by atoms with Crippen molar-refractivity contribution in [3.63, 3.8) is 0 Å². The lowest BCUT2D eigenvalue weighted by Crippen LogP contribution is -2.43. The highest BCUT2D eigenvalue weighted by atomic mass is 16.1. The smallest absolute Gasteiger partial charge is 0.243 e. The van der Waals surface area contributed by atoms with Crippen LogP contribution in [0.1, 0.15) is 36.8 Å². The molecule has 156 valence electrons. The predicted octanol–water partition coefficient (Wildman–Crippen LogP) is 4.78. The molecule has 4 rings (SSSR count). The molecular weight excluding hydrogens is 370 g/mol. The van der Waals surface area contributed by atoms with E-state index in [4.69, 9.17) is 0 Å². The number of rotatable bonds is 6. The molecular formula is C26H31N3O. The Kier molecular flexibility index (Phi) is 6.05. The molecule has 0 unspecified atom stereocenters. The minimum Gasteiger partial charge on any atom is -0.361 e. The Labute approximate surface area is 179 Å². The van der Waals surface area contributed by atoms with Gasteiger partial charge in [0.1, 0.15) is 0 Å². The highest BCUT2D eigenvalue weighted by molar-refractivity contribution is 5.88. The first-order valence-electron chi connectivity index (χ1n) is 10.8. The molecule has 0 spiro atoms. The van der Waals surface area contributed by atoms with E-state index in [0.717, 1.165) is 37.6 Å². The van der Waals surface area contributed by atoms with E-state index in [1.165, 1.54) is 22.1 Å². The monoisotopic (exact) mass is 401 g/mol. The maximum absolute atomic E-state index is 12.5. The molecule has 2 aromatic carbocycles. The second-order valence-electron chi connectivity index (χ2n) is 8.50. The van der Waals surface area contributed by atoms with Gasteiger partial charge in [0, 0.05) is 35.3 Å². The number of amides is 1. The number of aromatic nitrogens is 1.